The first-order chi connectivity index (χ1) is 3.93. The summed E-state index contributed by atoms with van der Waals surface area (Å²) in [4.78, 5) is 2.31. The highest BCUT2D eigenvalue weighted by Crippen LogP contribution is 1.89. The molecule has 1 aliphatic rings. The van der Waals surface area contributed by atoms with E-state index in [1.54, 1.807) is 0 Å². The molecule has 1 N–H and O–H groups in total. The zero-order chi connectivity index (χ0) is 5.82. The summed E-state index contributed by atoms with van der Waals surface area (Å²) in [5.74, 6) is 0. The molecule has 2 heteroatoms. The molecule has 1 rings (SSSR count). The Kier molecular flexibility index (Phi) is 2.06. The van der Waals surface area contributed by atoms with Gasteiger partial charge in [-0.05, 0) is 0 Å². The van der Waals surface area contributed by atoms with Crippen LogP contribution >= 0.6 is 0 Å². The van der Waals surface area contributed by atoms with Crippen LogP contribution in [-0.2, 0) is 0 Å². The molecule has 1 heterocycles. The fourth-order valence-corrected chi connectivity index (χ4v) is 0.892. The van der Waals surface area contributed by atoms with Crippen LogP contribution in [0.15, 0.2) is 12.7 Å². The van der Waals surface area contributed by atoms with Gasteiger partial charge < -0.3 is 5.32 Å². The van der Waals surface area contributed by atoms with E-state index < -0.39 is 0 Å². The maximum absolute atomic E-state index is 3.65. The third-order valence-corrected chi connectivity index (χ3v) is 1.33. The molecule has 1 aliphatic heterocycles. The molecule has 8 heavy (non-hydrogen) atoms. The number of hydrogen-bond acceptors (Lipinski definition) is 2. The molecular formula is C6H12N2. The zero-order valence-corrected chi connectivity index (χ0v) is 5.06. The lowest BCUT2D eigenvalue weighted by Gasteiger charge is -2.08. The minimum Gasteiger partial charge on any atom is -0.303 e. The fraction of sp³-hybridized carbons (Fsp3) is 0.667. The van der Waals surface area contributed by atoms with Gasteiger partial charge in [0.15, 0.2) is 0 Å². The van der Waals surface area contributed by atoms with Crippen molar-refractivity contribution in [3.05, 3.63) is 12.7 Å². The van der Waals surface area contributed by atoms with Crippen molar-refractivity contribution >= 4 is 0 Å². The summed E-state index contributed by atoms with van der Waals surface area (Å²) < 4.78 is 0. The summed E-state index contributed by atoms with van der Waals surface area (Å²) in [6, 6.07) is 0. The van der Waals surface area contributed by atoms with Crippen LogP contribution in [0.25, 0.3) is 0 Å². The number of hydrogen-bond donors (Lipinski definition) is 1. The third-order valence-electron chi connectivity index (χ3n) is 1.33. The van der Waals surface area contributed by atoms with Gasteiger partial charge >= 0.3 is 0 Å². The van der Waals surface area contributed by atoms with Crippen LogP contribution in [0.2, 0.25) is 0 Å². The Bertz CT molecular complexity index is 74.6. The highest BCUT2D eigenvalue weighted by atomic mass is 15.3. The Morgan fingerprint density at radius 3 is 3.12 bits per heavy atom. The molecule has 1 fully saturated rings. The van der Waals surface area contributed by atoms with E-state index in [-0.39, 0.29) is 0 Å². The van der Waals surface area contributed by atoms with Crippen LogP contribution < -0.4 is 5.32 Å². The van der Waals surface area contributed by atoms with Crippen molar-refractivity contribution in [2.45, 2.75) is 0 Å². The second-order valence-electron chi connectivity index (χ2n) is 2.02. The summed E-state index contributed by atoms with van der Waals surface area (Å²) >= 11 is 0. The smallest absolute Gasteiger partial charge is 0.0484 e. The van der Waals surface area contributed by atoms with E-state index in [2.05, 4.69) is 16.8 Å². The zero-order valence-electron chi connectivity index (χ0n) is 5.06. The first-order valence-corrected chi connectivity index (χ1v) is 2.97. The van der Waals surface area contributed by atoms with Gasteiger partial charge in [0.05, 0.1) is 0 Å². The molecular weight excluding hydrogens is 100 g/mol. The van der Waals surface area contributed by atoms with Crippen molar-refractivity contribution in [1.29, 1.82) is 0 Å². The van der Waals surface area contributed by atoms with E-state index in [0.29, 0.717) is 0 Å². The standard InChI is InChI=1S/C6H12N2/c1-2-4-8-5-3-7-6-8/h2,7H,1,3-6H2. The van der Waals surface area contributed by atoms with Crippen molar-refractivity contribution in [1.82, 2.24) is 10.2 Å². The summed E-state index contributed by atoms with van der Waals surface area (Å²) in [5, 5.41) is 3.24. The highest BCUT2D eigenvalue weighted by Gasteiger charge is 2.06. The minimum atomic E-state index is 1.02. The van der Waals surface area contributed by atoms with Crippen molar-refractivity contribution in [3.8, 4) is 0 Å². The Morgan fingerprint density at radius 2 is 2.62 bits per heavy atom. The molecule has 1 saturated heterocycles. The molecule has 46 valence electrons. The average Bonchev–Trinajstić information content (AvgIpc) is 2.19. The summed E-state index contributed by atoms with van der Waals surface area (Å²) in [7, 11) is 0. The van der Waals surface area contributed by atoms with Gasteiger partial charge in [-0.3, -0.25) is 4.90 Å². The van der Waals surface area contributed by atoms with Gasteiger partial charge in [-0.15, -0.1) is 6.58 Å². The Morgan fingerprint density at radius 1 is 1.75 bits per heavy atom. The predicted octanol–water partition coefficient (Wildman–Crippen LogP) is 0.0351. The van der Waals surface area contributed by atoms with E-state index in [1.165, 1.54) is 6.54 Å². The SMILES string of the molecule is C=CCN1CCNC1. The van der Waals surface area contributed by atoms with Crippen LogP contribution in [0, 0.1) is 0 Å². The van der Waals surface area contributed by atoms with E-state index in [9.17, 15) is 0 Å². The molecule has 0 saturated carbocycles. The maximum atomic E-state index is 3.65. The second kappa shape index (κ2) is 2.84. The normalized spacial score (nSPS) is 21.5. The molecule has 0 aromatic rings. The molecule has 0 atom stereocenters. The number of rotatable bonds is 2. The Balaban J connectivity index is 2.14. The quantitative estimate of drug-likeness (QED) is 0.507. The van der Waals surface area contributed by atoms with Crippen LogP contribution in [0.5, 0.6) is 0 Å². The number of nitrogens with one attached hydrogen (secondary N) is 1. The first-order valence-electron chi connectivity index (χ1n) is 2.97. The summed E-state index contributed by atoms with van der Waals surface area (Å²) in [6.45, 7) is 8.01. The van der Waals surface area contributed by atoms with Gasteiger partial charge in [-0.25, -0.2) is 0 Å². The van der Waals surface area contributed by atoms with Crippen molar-refractivity contribution < 1.29 is 0 Å². The van der Waals surface area contributed by atoms with Crippen LogP contribution in [-0.4, -0.2) is 31.2 Å². The predicted molar refractivity (Wildman–Crippen MR) is 34.6 cm³/mol. The molecule has 0 spiro atoms. The number of nitrogens with zero attached hydrogens (tertiary/aromatic N) is 1. The van der Waals surface area contributed by atoms with Gasteiger partial charge in [-0.1, -0.05) is 6.08 Å². The van der Waals surface area contributed by atoms with Crippen molar-refractivity contribution in [2.24, 2.45) is 0 Å². The molecule has 0 aliphatic carbocycles. The van der Waals surface area contributed by atoms with Gasteiger partial charge in [0.2, 0.25) is 0 Å². The van der Waals surface area contributed by atoms with Crippen LogP contribution in [0.4, 0.5) is 0 Å². The fourth-order valence-electron chi connectivity index (χ4n) is 0.892. The van der Waals surface area contributed by atoms with Gasteiger partial charge in [-0.2, -0.15) is 0 Å². The van der Waals surface area contributed by atoms with Crippen LogP contribution in [0.1, 0.15) is 0 Å². The lowest BCUT2D eigenvalue weighted by atomic mass is 10.5. The lowest BCUT2D eigenvalue weighted by molar-refractivity contribution is 0.373. The lowest BCUT2D eigenvalue weighted by Crippen LogP contribution is -2.21. The monoisotopic (exact) mass is 112 g/mol. The molecule has 0 unspecified atom stereocenters. The van der Waals surface area contributed by atoms with E-state index in [1.807, 2.05) is 6.08 Å². The topological polar surface area (TPSA) is 15.3 Å². The van der Waals surface area contributed by atoms with E-state index in [0.717, 1.165) is 19.8 Å². The van der Waals surface area contributed by atoms with Crippen molar-refractivity contribution in [2.75, 3.05) is 26.3 Å². The largest absolute Gasteiger partial charge is 0.303 e. The van der Waals surface area contributed by atoms with E-state index in [4.69, 9.17) is 0 Å². The Hall–Kier alpha value is -0.340. The summed E-state index contributed by atoms with van der Waals surface area (Å²) in [5.41, 5.74) is 0. The summed E-state index contributed by atoms with van der Waals surface area (Å²) in [6.07, 6.45) is 1.94. The first kappa shape index (κ1) is 5.79. The minimum absolute atomic E-state index is 1.02. The molecule has 0 bridgehead atoms. The Labute approximate surface area is 50.2 Å². The third kappa shape index (κ3) is 1.32. The second-order valence-corrected chi connectivity index (χ2v) is 2.02. The average molecular weight is 112 g/mol. The highest BCUT2D eigenvalue weighted by molar-refractivity contribution is 4.76. The molecule has 0 aromatic carbocycles. The maximum Gasteiger partial charge on any atom is 0.0484 e. The van der Waals surface area contributed by atoms with Gasteiger partial charge in [0.1, 0.15) is 0 Å². The molecule has 2 nitrogen and oxygen atoms in total. The van der Waals surface area contributed by atoms with Gasteiger partial charge in [0.25, 0.3) is 0 Å². The molecule has 0 aromatic heterocycles. The van der Waals surface area contributed by atoms with Crippen molar-refractivity contribution in [3.63, 3.8) is 0 Å². The van der Waals surface area contributed by atoms with Crippen LogP contribution in [0.3, 0.4) is 0 Å². The molecule has 0 radical (unpaired) electrons. The van der Waals surface area contributed by atoms with Gasteiger partial charge in [0, 0.05) is 26.3 Å². The molecule has 0 amide bonds. The van der Waals surface area contributed by atoms with E-state index >= 15 is 0 Å².